The average Bonchev–Trinajstić information content (AvgIpc) is 1.48. The summed E-state index contributed by atoms with van der Waals surface area (Å²) in [5.41, 5.74) is -1.89. The molecule has 0 saturated heterocycles. The van der Waals surface area contributed by atoms with E-state index in [2.05, 4.69) is 48.5 Å². The van der Waals surface area contributed by atoms with Crippen molar-refractivity contribution in [2.45, 2.75) is 314 Å². The number of hydrogen-bond donors (Lipinski definition) is 5. The fourth-order valence-electron chi connectivity index (χ4n) is 22.5. The Hall–Kier alpha value is -0.544. The van der Waals surface area contributed by atoms with Gasteiger partial charge in [-0.2, -0.15) is 0 Å². The van der Waals surface area contributed by atoms with E-state index < -0.39 is 49.3 Å². The van der Waals surface area contributed by atoms with E-state index in [9.17, 15) is 46.4 Å². The van der Waals surface area contributed by atoms with E-state index in [0.717, 1.165) is 95.0 Å². The van der Waals surface area contributed by atoms with Gasteiger partial charge in [-0.15, -0.1) is 0 Å². The van der Waals surface area contributed by atoms with Crippen LogP contribution in [0, 0.1) is 92.7 Å². The molecule has 10 fully saturated rings. The molecular formula is C71H122F4MgO7S. The fraction of sp³-hybridized carbons (Fsp3) is 0.915. The molecule has 0 spiro atoms. The van der Waals surface area contributed by atoms with Crippen LogP contribution in [0.3, 0.4) is 0 Å². The van der Waals surface area contributed by atoms with E-state index in [4.69, 9.17) is 5.11 Å². The molecule has 84 heavy (non-hydrogen) atoms. The van der Waals surface area contributed by atoms with Gasteiger partial charge in [-0.3, -0.25) is 0 Å². The molecule has 10 saturated carbocycles. The molecule has 19 atom stereocenters. The van der Waals surface area contributed by atoms with Gasteiger partial charge in [0, 0.05) is 32.8 Å². The van der Waals surface area contributed by atoms with Gasteiger partial charge in [-0.05, 0) is 279 Å². The van der Waals surface area contributed by atoms with Crippen LogP contribution in [0.2, 0.25) is 0 Å². The van der Waals surface area contributed by atoms with Crippen molar-refractivity contribution in [3.05, 3.63) is 30.3 Å². The molecule has 13 heteroatoms. The smallest absolute Gasteiger partial charge is 1.00 e. The first-order valence-corrected chi connectivity index (χ1v) is 34.7. The molecule has 0 radical (unpaired) electrons. The first-order chi connectivity index (χ1) is 37.8. The summed E-state index contributed by atoms with van der Waals surface area (Å²) in [5, 5.41) is 50.1. The van der Waals surface area contributed by atoms with Crippen LogP contribution in [0.1, 0.15) is 272 Å². The molecule has 1 aromatic rings. The zero-order chi connectivity index (χ0) is 59.0. The van der Waals surface area contributed by atoms with Crippen molar-refractivity contribution in [1.29, 1.82) is 0 Å². The van der Waals surface area contributed by atoms with Gasteiger partial charge in [0.1, 0.15) is 0 Å². The molecule has 1 unspecified atom stereocenters. The third-order valence-electron chi connectivity index (χ3n) is 27.5. The Morgan fingerprint density at radius 3 is 1.36 bits per heavy atom. The molecule has 11 rings (SSSR count). The molecule has 484 valence electrons. The molecule has 7 nitrogen and oxygen atoms in total. The molecule has 10 aliphatic carbocycles. The second-order valence-electron chi connectivity index (χ2n) is 32.0. The van der Waals surface area contributed by atoms with Crippen molar-refractivity contribution in [3.8, 4) is 0 Å². The Labute approximate surface area is 528 Å². The number of halogens is 4. The second-order valence-corrected chi connectivity index (χ2v) is 34.2. The van der Waals surface area contributed by atoms with Crippen molar-refractivity contribution in [2.24, 2.45) is 92.7 Å². The van der Waals surface area contributed by atoms with E-state index in [0.29, 0.717) is 64.1 Å². The van der Waals surface area contributed by atoms with E-state index in [1.165, 1.54) is 64.2 Å². The maximum absolute atomic E-state index is 14.3. The standard InChI is InChI=1S/C37H56F2O4S.C31H52F2O2.CH4O.2CH4.Mg.2H/c1-25(32(44(42,43)27-8-6-5-7-9-27)15-17-36(41)20-22-37(38,39)23-21-36)29-12-13-30-28-11-10-26-24-33(2,40)18-19-34(26,3)31(28)14-16-35(29,30)4;1-21(6-5-12-30(35)16-18-31(32,33)19-17-30)24-9-10-25-23-8-7-22-20-27(2,34)14-15-28(22,3)26(23)11-13-29(24,25)4;1-2;;;;;/h5-9,25-26,28-32,40-41H,10-24H2,1-4H3;21-26,34-35H,5-20H2,1-4H3;2H,1H3;2*1H4;;;/q;;;;;+2;2*-1/t25-,26-,28-,29+,30-,31-,32?,33-,34-,35+;21-,22+,23+,24-,25+,26+,27+,28+,29-;;;;;;/m01....../s1. The molecule has 1 aromatic carbocycles. The Kier molecular flexibility index (Phi) is 23.0. The minimum absolute atomic E-state index is 0. The monoisotopic (exact) mass is 1220 g/mol. The summed E-state index contributed by atoms with van der Waals surface area (Å²) in [6, 6.07) is 8.71. The molecular weight excluding hydrogens is 1100 g/mol. The Morgan fingerprint density at radius 2 is 0.905 bits per heavy atom. The fourth-order valence-corrected chi connectivity index (χ4v) is 24.6. The van der Waals surface area contributed by atoms with Gasteiger partial charge in [0.15, 0.2) is 9.84 Å². The van der Waals surface area contributed by atoms with Gasteiger partial charge < -0.3 is 28.4 Å². The molecule has 5 N–H and O–H groups in total. The topological polar surface area (TPSA) is 135 Å². The number of sulfone groups is 1. The number of fused-ring (bicyclic) bond motifs is 10. The van der Waals surface area contributed by atoms with Gasteiger partial charge in [-0.25, -0.2) is 26.0 Å². The Balaban J connectivity index is 0.000000346. The molecule has 0 aliphatic heterocycles. The predicted octanol–water partition coefficient (Wildman–Crippen LogP) is 17.5. The van der Waals surface area contributed by atoms with Gasteiger partial charge in [0.2, 0.25) is 11.8 Å². The maximum Gasteiger partial charge on any atom is 2.00 e. The first-order valence-electron chi connectivity index (χ1n) is 33.2. The van der Waals surface area contributed by atoms with Crippen LogP contribution in [0.25, 0.3) is 0 Å². The third kappa shape index (κ3) is 14.2. The van der Waals surface area contributed by atoms with Crippen LogP contribution in [0.5, 0.6) is 0 Å². The summed E-state index contributed by atoms with van der Waals surface area (Å²) in [7, 11) is -2.70. The average molecular weight is 1220 g/mol. The van der Waals surface area contributed by atoms with E-state index >= 15 is 0 Å². The van der Waals surface area contributed by atoms with Crippen LogP contribution in [-0.2, 0) is 9.84 Å². The third-order valence-corrected chi connectivity index (χ3v) is 29.8. The summed E-state index contributed by atoms with van der Waals surface area (Å²) in [6.07, 6.45) is 23.9. The minimum atomic E-state index is -3.70. The van der Waals surface area contributed by atoms with Crippen LogP contribution in [-0.4, -0.2) is 104 Å². The largest absolute Gasteiger partial charge is 2.00 e. The van der Waals surface area contributed by atoms with Crippen molar-refractivity contribution in [1.82, 2.24) is 0 Å². The quantitative estimate of drug-likeness (QED) is 0.104. The van der Waals surface area contributed by atoms with Crippen molar-refractivity contribution < 1.29 is 54.4 Å². The molecule has 0 aromatic heterocycles. The number of aliphatic hydroxyl groups excluding tert-OH is 1. The summed E-state index contributed by atoms with van der Waals surface area (Å²) in [5.74, 6) is 1.99. The number of benzene rings is 1. The molecule has 10 aliphatic rings. The maximum atomic E-state index is 14.3. The number of rotatable bonds is 12. The van der Waals surface area contributed by atoms with Crippen LogP contribution in [0.4, 0.5) is 17.6 Å². The molecule has 0 heterocycles. The van der Waals surface area contributed by atoms with Crippen LogP contribution >= 0.6 is 0 Å². The minimum Gasteiger partial charge on any atom is -1.00 e. The van der Waals surface area contributed by atoms with Crippen molar-refractivity contribution in [3.63, 3.8) is 0 Å². The second kappa shape index (κ2) is 26.6. The predicted molar refractivity (Wildman–Crippen MR) is 337 cm³/mol. The number of alkyl halides is 4. The Bertz CT molecular complexity index is 2400. The van der Waals surface area contributed by atoms with Gasteiger partial charge in [0.25, 0.3) is 0 Å². The van der Waals surface area contributed by atoms with Gasteiger partial charge >= 0.3 is 23.1 Å². The number of aliphatic hydroxyl groups is 5. The van der Waals surface area contributed by atoms with Crippen molar-refractivity contribution in [2.75, 3.05) is 7.11 Å². The van der Waals surface area contributed by atoms with Gasteiger partial charge in [0.05, 0.1) is 32.5 Å². The first kappa shape index (κ1) is 72.5. The van der Waals surface area contributed by atoms with Crippen molar-refractivity contribution >= 4 is 32.9 Å². The summed E-state index contributed by atoms with van der Waals surface area (Å²) in [6.45, 7) is 18.8. The zero-order valence-electron chi connectivity index (χ0n) is 54.5. The van der Waals surface area contributed by atoms with E-state index in [1.807, 2.05) is 13.0 Å². The van der Waals surface area contributed by atoms with E-state index in [1.54, 1.807) is 24.3 Å². The zero-order valence-corrected chi connectivity index (χ0v) is 54.7. The van der Waals surface area contributed by atoms with E-state index in [-0.39, 0.29) is 121 Å². The number of hydrogen-bond acceptors (Lipinski definition) is 7. The summed E-state index contributed by atoms with van der Waals surface area (Å²) in [4.78, 5) is 0.321. The molecule has 0 amide bonds. The molecule has 0 bridgehead atoms. The van der Waals surface area contributed by atoms with Gasteiger partial charge in [-0.1, -0.05) is 87.4 Å². The van der Waals surface area contributed by atoms with Crippen LogP contribution in [0.15, 0.2) is 35.2 Å². The van der Waals surface area contributed by atoms with Crippen LogP contribution < -0.4 is 0 Å². The summed E-state index contributed by atoms with van der Waals surface area (Å²) >= 11 is 0. The SMILES string of the molecule is C.C.CO.C[C@H](C(CCC1(O)CCC(F)(F)CC1)S(=O)(=O)c1ccccc1)[C@H]1CC[C@H]2[C@@H]3CC[C@H]4C[C@@](C)(O)CC[C@]4(C)[C@H]3CC[C@]12C.C[C@H](CCCC1(O)CCC(F)(F)CC1)[C@H]1CC[C@H]2[C@@H]3CC[C@H]4C[C@@](C)(O)CC[C@]4(C)[C@H]3CC[C@]12C.[H-].[H-].[Mg+2]. The Morgan fingerprint density at radius 1 is 0.500 bits per heavy atom. The summed E-state index contributed by atoms with van der Waals surface area (Å²) < 4.78 is 83.6. The normalized spacial score (nSPS) is 43.2.